The summed E-state index contributed by atoms with van der Waals surface area (Å²) in [5.74, 6) is -0.836. The van der Waals surface area contributed by atoms with Gasteiger partial charge >= 0.3 is 5.69 Å². The van der Waals surface area contributed by atoms with Gasteiger partial charge in [0, 0.05) is 27.3 Å². The number of ether oxygens (including phenoxy) is 2. The van der Waals surface area contributed by atoms with Crippen LogP contribution in [-0.4, -0.2) is 44.4 Å². The molecule has 0 aliphatic carbocycles. The van der Waals surface area contributed by atoms with E-state index in [1.54, 1.807) is 19.1 Å². The first kappa shape index (κ1) is 13.7. The van der Waals surface area contributed by atoms with Crippen LogP contribution in [0.15, 0.2) is 18.2 Å². The number of para-hydroxylation sites is 1. The van der Waals surface area contributed by atoms with Crippen molar-refractivity contribution < 1.29 is 18.8 Å². The van der Waals surface area contributed by atoms with Gasteiger partial charge < -0.3 is 14.4 Å². The van der Waals surface area contributed by atoms with Crippen molar-refractivity contribution in [3.05, 3.63) is 34.1 Å². The molecule has 1 aromatic rings. The van der Waals surface area contributed by atoms with Gasteiger partial charge in [0.1, 0.15) is 17.9 Å². The van der Waals surface area contributed by atoms with Crippen LogP contribution < -0.4 is 4.90 Å². The molecule has 7 heteroatoms. The van der Waals surface area contributed by atoms with Gasteiger partial charge in [0.25, 0.3) is 0 Å². The predicted molar refractivity (Wildman–Crippen MR) is 66.9 cm³/mol. The first-order chi connectivity index (χ1) is 9.08. The van der Waals surface area contributed by atoms with Crippen molar-refractivity contribution in [3.63, 3.8) is 0 Å². The predicted octanol–water partition coefficient (Wildman–Crippen LogP) is 1.58. The number of hydrogen-bond donors (Lipinski definition) is 0. The number of halogens is 1. The average Bonchev–Trinajstić information content (AvgIpc) is 2.81. The van der Waals surface area contributed by atoms with Crippen LogP contribution in [0.3, 0.4) is 0 Å². The molecule has 1 heterocycles. The topological polar surface area (TPSA) is 64.8 Å². The lowest BCUT2D eigenvalue weighted by Gasteiger charge is -2.17. The molecule has 1 aromatic carbocycles. The van der Waals surface area contributed by atoms with Gasteiger partial charge in [-0.3, -0.25) is 10.1 Å². The van der Waals surface area contributed by atoms with Gasteiger partial charge in [-0.2, -0.15) is 4.39 Å². The van der Waals surface area contributed by atoms with E-state index in [0.29, 0.717) is 13.1 Å². The Hall–Kier alpha value is -1.73. The fourth-order valence-electron chi connectivity index (χ4n) is 2.33. The number of hydrogen-bond acceptors (Lipinski definition) is 5. The number of anilines is 1. The molecule has 0 saturated carbocycles. The van der Waals surface area contributed by atoms with Crippen LogP contribution in [0, 0.1) is 15.9 Å². The Morgan fingerprint density at radius 2 is 1.89 bits per heavy atom. The maximum atomic E-state index is 13.6. The van der Waals surface area contributed by atoms with Crippen molar-refractivity contribution in [2.75, 3.05) is 32.2 Å². The molecule has 2 unspecified atom stereocenters. The smallest absolute Gasteiger partial charge is 0.327 e. The summed E-state index contributed by atoms with van der Waals surface area (Å²) < 4.78 is 24.1. The molecule has 1 aliphatic heterocycles. The molecule has 1 fully saturated rings. The molecule has 0 amide bonds. The maximum absolute atomic E-state index is 13.6. The third-order valence-electron chi connectivity index (χ3n) is 3.31. The average molecular weight is 270 g/mol. The lowest BCUT2D eigenvalue weighted by Crippen LogP contribution is -2.27. The van der Waals surface area contributed by atoms with E-state index < -0.39 is 16.4 Å². The Labute approximate surface area is 109 Å². The zero-order valence-electron chi connectivity index (χ0n) is 10.7. The van der Waals surface area contributed by atoms with Crippen LogP contribution in [0.1, 0.15) is 0 Å². The molecule has 6 nitrogen and oxygen atoms in total. The highest BCUT2D eigenvalue weighted by Crippen LogP contribution is 2.33. The molecule has 2 atom stereocenters. The molecule has 104 valence electrons. The number of benzene rings is 1. The second kappa shape index (κ2) is 5.50. The highest BCUT2D eigenvalue weighted by molar-refractivity contribution is 5.64. The summed E-state index contributed by atoms with van der Waals surface area (Å²) in [5, 5.41) is 11.0. The first-order valence-electron chi connectivity index (χ1n) is 5.82. The van der Waals surface area contributed by atoms with Gasteiger partial charge in [-0.25, -0.2) is 0 Å². The molecule has 0 bridgehead atoms. The Bertz CT molecular complexity index is 471. The SMILES string of the molecule is COC1CN(c2cccc(F)c2[N+](=O)[O-])CC1OC. The van der Waals surface area contributed by atoms with Crippen molar-refractivity contribution in [1.29, 1.82) is 0 Å². The minimum atomic E-state index is -0.836. The second-order valence-corrected chi connectivity index (χ2v) is 4.32. The highest BCUT2D eigenvalue weighted by Gasteiger charge is 2.36. The highest BCUT2D eigenvalue weighted by atomic mass is 19.1. The van der Waals surface area contributed by atoms with E-state index in [1.807, 2.05) is 0 Å². The summed E-state index contributed by atoms with van der Waals surface area (Å²) in [6, 6.07) is 4.07. The molecule has 19 heavy (non-hydrogen) atoms. The van der Waals surface area contributed by atoms with E-state index in [1.165, 1.54) is 12.1 Å². The fourth-order valence-corrected chi connectivity index (χ4v) is 2.33. The van der Waals surface area contributed by atoms with Gasteiger partial charge in [-0.05, 0) is 12.1 Å². The third kappa shape index (κ3) is 2.52. The Morgan fingerprint density at radius 1 is 1.32 bits per heavy atom. The number of nitrogens with zero attached hydrogens (tertiary/aromatic N) is 2. The van der Waals surface area contributed by atoms with E-state index in [9.17, 15) is 14.5 Å². The monoisotopic (exact) mass is 270 g/mol. The molecule has 0 radical (unpaired) electrons. The van der Waals surface area contributed by atoms with E-state index in [0.717, 1.165) is 6.07 Å². The lowest BCUT2D eigenvalue weighted by molar-refractivity contribution is -0.386. The molecule has 0 aromatic heterocycles. The van der Waals surface area contributed by atoms with Crippen LogP contribution in [0.4, 0.5) is 15.8 Å². The molecule has 1 aliphatic rings. The normalized spacial score (nSPS) is 22.8. The summed E-state index contributed by atoms with van der Waals surface area (Å²) >= 11 is 0. The van der Waals surface area contributed by atoms with Gasteiger partial charge in [0.2, 0.25) is 5.82 Å². The second-order valence-electron chi connectivity index (χ2n) is 4.32. The largest absolute Gasteiger partial charge is 0.377 e. The van der Waals surface area contributed by atoms with Crippen LogP contribution in [0.5, 0.6) is 0 Å². The zero-order valence-corrected chi connectivity index (χ0v) is 10.7. The third-order valence-corrected chi connectivity index (χ3v) is 3.31. The van der Waals surface area contributed by atoms with Gasteiger partial charge in [0.05, 0.1) is 4.92 Å². The van der Waals surface area contributed by atoms with Gasteiger partial charge in [-0.15, -0.1) is 0 Å². The Kier molecular flexibility index (Phi) is 3.96. The van der Waals surface area contributed by atoms with Crippen molar-refractivity contribution in [2.45, 2.75) is 12.2 Å². The molecule has 0 N–H and O–H groups in total. The minimum absolute atomic E-state index is 0.187. The van der Waals surface area contributed by atoms with Crippen LogP contribution >= 0.6 is 0 Å². The van der Waals surface area contributed by atoms with Crippen molar-refractivity contribution in [1.82, 2.24) is 0 Å². The van der Waals surface area contributed by atoms with E-state index >= 15 is 0 Å². The molecule has 0 spiro atoms. The number of nitro groups is 1. The summed E-state index contributed by atoms with van der Waals surface area (Å²) in [4.78, 5) is 12.0. The summed E-state index contributed by atoms with van der Waals surface area (Å²) in [7, 11) is 3.11. The molecular formula is C12H15FN2O4. The number of nitro benzene ring substituents is 1. The van der Waals surface area contributed by atoms with Crippen molar-refractivity contribution in [3.8, 4) is 0 Å². The fraction of sp³-hybridized carbons (Fsp3) is 0.500. The Morgan fingerprint density at radius 3 is 2.37 bits per heavy atom. The van der Waals surface area contributed by atoms with Crippen molar-refractivity contribution >= 4 is 11.4 Å². The maximum Gasteiger partial charge on any atom is 0.327 e. The van der Waals surface area contributed by atoms with Crippen LogP contribution in [0.25, 0.3) is 0 Å². The Balaban J connectivity index is 2.33. The van der Waals surface area contributed by atoms with Gasteiger partial charge in [-0.1, -0.05) is 6.07 Å². The molecular weight excluding hydrogens is 255 g/mol. The molecule has 2 rings (SSSR count). The van der Waals surface area contributed by atoms with E-state index in [-0.39, 0.29) is 17.9 Å². The number of rotatable bonds is 4. The summed E-state index contributed by atoms with van der Waals surface area (Å²) in [5.41, 5.74) is -0.249. The lowest BCUT2D eigenvalue weighted by atomic mass is 10.2. The van der Waals surface area contributed by atoms with Crippen molar-refractivity contribution in [2.24, 2.45) is 0 Å². The van der Waals surface area contributed by atoms with E-state index in [4.69, 9.17) is 9.47 Å². The quantitative estimate of drug-likeness (QED) is 0.614. The summed E-state index contributed by atoms with van der Waals surface area (Å²) in [6.45, 7) is 0.860. The first-order valence-corrected chi connectivity index (χ1v) is 5.82. The van der Waals surface area contributed by atoms with E-state index in [2.05, 4.69) is 0 Å². The minimum Gasteiger partial charge on any atom is -0.377 e. The summed E-state index contributed by atoms with van der Waals surface area (Å²) in [6.07, 6.45) is -0.374. The molecule has 1 saturated heterocycles. The zero-order chi connectivity index (χ0) is 14.0. The van der Waals surface area contributed by atoms with Gasteiger partial charge in [0.15, 0.2) is 0 Å². The standard InChI is InChI=1S/C12H15FN2O4/c1-18-10-6-14(7-11(10)19-2)9-5-3-4-8(13)12(9)15(16)17/h3-5,10-11H,6-7H2,1-2H3. The number of methoxy groups -OCH3 is 2. The van der Waals surface area contributed by atoms with Crippen LogP contribution in [-0.2, 0) is 9.47 Å². The van der Waals surface area contributed by atoms with Crippen LogP contribution in [0.2, 0.25) is 0 Å².